The van der Waals surface area contributed by atoms with E-state index in [-0.39, 0.29) is 17.9 Å². The Balaban J connectivity index is 1.28. The van der Waals surface area contributed by atoms with Gasteiger partial charge >= 0.3 is 0 Å². The molecule has 7 heteroatoms. The molecule has 2 aromatic carbocycles. The van der Waals surface area contributed by atoms with Gasteiger partial charge in [0, 0.05) is 36.8 Å². The van der Waals surface area contributed by atoms with E-state index in [1.165, 1.54) is 0 Å². The number of nitrogens with zero attached hydrogens (tertiary/aromatic N) is 4. The van der Waals surface area contributed by atoms with Gasteiger partial charge in [-0.2, -0.15) is 4.98 Å². The van der Waals surface area contributed by atoms with Gasteiger partial charge in [0.15, 0.2) is 0 Å². The molecule has 0 radical (unpaired) electrons. The molecule has 2 aliphatic heterocycles. The smallest absolute Gasteiger partial charge is 0.249 e. The van der Waals surface area contributed by atoms with E-state index in [9.17, 15) is 9.59 Å². The molecule has 5 rings (SSSR count). The molecule has 1 atom stereocenters. The van der Waals surface area contributed by atoms with Crippen molar-refractivity contribution in [1.82, 2.24) is 15.0 Å². The fraction of sp³-hybridized carbons (Fsp3) is 0.308. The Bertz CT molecular complexity index is 1150. The van der Waals surface area contributed by atoms with E-state index in [0.717, 1.165) is 49.0 Å². The van der Waals surface area contributed by atoms with Crippen LogP contribution < -0.4 is 4.90 Å². The fourth-order valence-corrected chi connectivity index (χ4v) is 4.48. The van der Waals surface area contributed by atoms with Gasteiger partial charge in [-0.15, -0.1) is 0 Å². The summed E-state index contributed by atoms with van der Waals surface area (Å²) in [6.07, 6.45) is 7.69. The first-order valence-electron chi connectivity index (χ1n) is 11.5. The molecule has 2 aliphatic rings. The average Bonchev–Trinajstić information content (AvgIpc) is 3.53. The van der Waals surface area contributed by atoms with Gasteiger partial charge in [-0.05, 0) is 49.5 Å². The number of benzene rings is 2. The zero-order chi connectivity index (χ0) is 22.6. The topological polar surface area (TPSA) is 79.5 Å². The number of aromatic nitrogens is 2. The van der Waals surface area contributed by atoms with Crippen molar-refractivity contribution in [2.75, 3.05) is 18.0 Å². The van der Waals surface area contributed by atoms with Crippen molar-refractivity contribution >= 4 is 23.6 Å². The second-order valence-corrected chi connectivity index (χ2v) is 8.44. The molecule has 2 fully saturated rings. The highest BCUT2D eigenvalue weighted by molar-refractivity contribution is 5.95. The minimum atomic E-state index is -0.218. The van der Waals surface area contributed by atoms with Crippen LogP contribution in [0.2, 0.25) is 0 Å². The summed E-state index contributed by atoms with van der Waals surface area (Å²) < 4.78 is 5.56. The molecule has 7 nitrogen and oxygen atoms in total. The predicted octanol–water partition coefficient (Wildman–Crippen LogP) is 4.63. The third-order valence-corrected chi connectivity index (χ3v) is 6.24. The summed E-state index contributed by atoms with van der Waals surface area (Å²) in [6, 6.07) is 17.2. The SMILES string of the molecule is O=C1CCCN1c1ccc(/C=C/C(=O)N2CCCC[C@@H]2c2nc(-c3ccccc3)no2)cc1. The Hall–Kier alpha value is -3.74. The molecule has 168 valence electrons. The van der Waals surface area contributed by atoms with Crippen molar-refractivity contribution in [3.63, 3.8) is 0 Å². The van der Waals surface area contributed by atoms with Gasteiger partial charge in [-0.25, -0.2) is 0 Å². The summed E-state index contributed by atoms with van der Waals surface area (Å²) in [7, 11) is 0. The van der Waals surface area contributed by atoms with Crippen LogP contribution in [-0.4, -0.2) is 39.9 Å². The number of amides is 2. The molecule has 0 bridgehead atoms. The van der Waals surface area contributed by atoms with E-state index in [0.29, 0.717) is 24.7 Å². The number of likely N-dealkylation sites (tertiary alicyclic amines) is 1. The Morgan fingerprint density at radius 3 is 2.58 bits per heavy atom. The van der Waals surface area contributed by atoms with Crippen molar-refractivity contribution in [2.24, 2.45) is 0 Å². The molecule has 1 aromatic heterocycles. The monoisotopic (exact) mass is 442 g/mol. The molecule has 33 heavy (non-hydrogen) atoms. The van der Waals surface area contributed by atoms with Crippen LogP contribution in [0, 0.1) is 0 Å². The first-order valence-corrected chi connectivity index (χ1v) is 11.5. The number of hydrogen-bond donors (Lipinski definition) is 0. The summed E-state index contributed by atoms with van der Waals surface area (Å²) in [6.45, 7) is 1.43. The largest absolute Gasteiger partial charge is 0.337 e. The second kappa shape index (κ2) is 9.40. The molecule has 3 heterocycles. The van der Waals surface area contributed by atoms with Crippen LogP contribution in [0.1, 0.15) is 49.6 Å². The van der Waals surface area contributed by atoms with Crippen LogP contribution in [-0.2, 0) is 9.59 Å². The molecule has 2 amide bonds. The Labute approximate surface area is 192 Å². The number of hydrogen-bond acceptors (Lipinski definition) is 5. The van der Waals surface area contributed by atoms with E-state index in [4.69, 9.17) is 4.52 Å². The molecular weight excluding hydrogens is 416 g/mol. The van der Waals surface area contributed by atoms with Crippen LogP contribution in [0.4, 0.5) is 5.69 Å². The van der Waals surface area contributed by atoms with Crippen LogP contribution in [0.3, 0.4) is 0 Å². The average molecular weight is 443 g/mol. The van der Waals surface area contributed by atoms with E-state index in [1.54, 1.807) is 6.08 Å². The number of carbonyl (C=O) groups excluding carboxylic acids is 2. The maximum absolute atomic E-state index is 13.0. The lowest BCUT2D eigenvalue weighted by Gasteiger charge is -2.32. The fourth-order valence-electron chi connectivity index (χ4n) is 4.48. The molecule has 0 N–H and O–H groups in total. The van der Waals surface area contributed by atoms with Crippen molar-refractivity contribution in [1.29, 1.82) is 0 Å². The summed E-state index contributed by atoms with van der Waals surface area (Å²) >= 11 is 0. The lowest BCUT2D eigenvalue weighted by atomic mass is 10.0. The first kappa shape index (κ1) is 21.1. The zero-order valence-electron chi connectivity index (χ0n) is 18.4. The second-order valence-electron chi connectivity index (χ2n) is 8.44. The first-order chi connectivity index (χ1) is 16.2. The lowest BCUT2D eigenvalue weighted by molar-refractivity contribution is -0.130. The quantitative estimate of drug-likeness (QED) is 0.538. The Morgan fingerprint density at radius 2 is 1.82 bits per heavy atom. The van der Waals surface area contributed by atoms with Crippen LogP contribution in [0.25, 0.3) is 17.5 Å². The van der Waals surface area contributed by atoms with E-state index < -0.39 is 0 Å². The minimum Gasteiger partial charge on any atom is -0.337 e. The minimum absolute atomic E-state index is 0.0713. The standard InChI is InChI=1S/C26H26N4O3/c31-23-10-6-18-29(23)21-14-11-19(12-15-21)13-16-24(32)30-17-5-4-9-22(30)26-27-25(28-33-26)20-7-2-1-3-8-20/h1-3,7-8,11-16,22H,4-6,9-10,17-18H2/b16-13+/t22-/m1/s1. The molecule has 3 aromatic rings. The number of rotatable bonds is 5. The van der Waals surface area contributed by atoms with Gasteiger partial charge in [0.05, 0.1) is 0 Å². The molecule has 2 saturated heterocycles. The Morgan fingerprint density at radius 1 is 1.00 bits per heavy atom. The zero-order valence-corrected chi connectivity index (χ0v) is 18.4. The van der Waals surface area contributed by atoms with Crippen molar-refractivity contribution in [3.05, 3.63) is 72.1 Å². The highest BCUT2D eigenvalue weighted by Crippen LogP contribution is 2.31. The van der Waals surface area contributed by atoms with Crippen molar-refractivity contribution in [3.8, 4) is 11.4 Å². The van der Waals surface area contributed by atoms with Crippen molar-refractivity contribution in [2.45, 2.75) is 38.1 Å². The van der Waals surface area contributed by atoms with E-state index in [2.05, 4.69) is 10.1 Å². The summed E-state index contributed by atoms with van der Waals surface area (Å²) in [5.74, 6) is 1.12. The third-order valence-electron chi connectivity index (χ3n) is 6.24. The highest BCUT2D eigenvalue weighted by atomic mass is 16.5. The van der Waals surface area contributed by atoms with Gasteiger partial charge < -0.3 is 14.3 Å². The third kappa shape index (κ3) is 4.58. The van der Waals surface area contributed by atoms with Gasteiger partial charge in [0.25, 0.3) is 0 Å². The molecule has 0 spiro atoms. The summed E-state index contributed by atoms with van der Waals surface area (Å²) in [4.78, 5) is 33.2. The van der Waals surface area contributed by atoms with Crippen LogP contribution >= 0.6 is 0 Å². The van der Waals surface area contributed by atoms with Gasteiger partial charge in [-0.1, -0.05) is 47.6 Å². The maximum atomic E-state index is 13.0. The van der Waals surface area contributed by atoms with Crippen LogP contribution in [0.15, 0.2) is 65.2 Å². The van der Waals surface area contributed by atoms with Crippen molar-refractivity contribution < 1.29 is 14.1 Å². The number of piperidine rings is 1. The molecule has 0 unspecified atom stereocenters. The normalized spacial score (nSPS) is 18.9. The maximum Gasteiger partial charge on any atom is 0.249 e. The lowest BCUT2D eigenvalue weighted by Crippen LogP contribution is -2.37. The summed E-state index contributed by atoms with van der Waals surface area (Å²) in [5.41, 5.74) is 2.71. The molecule has 0 saturated carbocycles. The van der Waals surface area contributed by atoms with Gasteiger partial charge in [0.1, 0.15) is 6.04 Å². The predicted molar refractivity (Wildman–Crippen MR) is 125 cm³/mol. The molecular formula is C26H26N4O3. The van der Waals surface area contributed by atoms with E-state index >= 15 is 0 Å². The summed E-state index contributed by atoms with van der Waals surface area (Å²) in [5, 5.41) is 4.13. The van der Waals surface area contributed by atoms with Crippen LogP contribution in [0.5, 0.6) is 0 Å². The Kier molecular flexibility index (Phi) is 6.02. The van der Waals surface area contributed by atoms with Gasteiger partial charge in [0.2, 0.25) is 23.5 Å². The highest BCUT2D eigenvalue weighted by Gasteiger charge is 2.31. The van der Waals surface area contributed by atoms with Gasteiger partial charge in [-0.3, -0.25) is 9.59 Å². The van der Waals surface area contributed by atoms with E-state index in [1.807, 2.05) is 70.5 Å². The number of anilines is 1. The molecule has 0 aliphatic carbocycles. The number of carbonyl (C=O) groups is 2.